The Kier molecular flexibility index (Phi) is 9.72. The van der Waals surface area contributed by atoms with Crippen molar-refractivity contribution in [3.8, 4) is 11.5 Å². The lowest BCUT2D eigenvalue weighted by Gasteiger charge is -2.34. The smallest absolute Gasteiger partial charge is 0.271 e. The Hall–Kier alpha value is -3.12. The van der Waals surface area contributed by atoms with Gasteiger partial charge in [-0.2, -0.15) is 0 Å². The number of thiophene rings is 1. The second-order valence-electron chi connectivity index (χ2n) is 10.3. The quantitative estimate of drug-likeness (QED) is 0.371. The largest absolute Gasteiger partial charge is 0.497 e. The van der Waals surface area contributed by atoms with Crippen molar-refractivity contribution in [2.45, 2.75) is 43.2 Å². The highest BCUT2D eigenvalue weighted by Gasteiger charge is 2.31. The van der Waals surface area contributed by atoms with Crippen LogP contribution in [0.3, 0.4) is 0 Å². The molecule has 0 unspecified atom stereocenters. The second-order valence-corrected chi connectivity index (χ2v) is 13.1. The summed E-state index contributed by atoms with van der Waals surface area (Å²) in [4.78, 5) is 17.3. The number of carbonyl (C=O) groups is 1. The lowest BCUT2D eigenvalue weighted by Crippen LogP contribution is -2.47. The van der Waals surface area contributed by atoms with E-state index in [4.69, 9.17) is 9.47 Å². The normalized spacial score (nSPS) is 18.8. The minimum Gasteiger partial charge on any atom is -0.497 e. The van der Waals surface area contributed by atoms with Crippen molar-refractivity contribution >= 4 is 33.0 Å². The zero-order valence-corrected chi connectivity index (χ0v) is 24.9. The molecule has 0 aliphatic carbocycles. The number of methoxy groups -OCH3 is 1. The number of aliphatic hydroxyl groups is 1. The topological polar surface area (TPSA) is 108 Å². The van der Waals surface area contributed by atoms with E-state index >= 15 is 0 Å². The van der Waals surface area contributed by atoms with Crippen LogP contribution in [0.15, 0.2) is 64.2 Å². The molecule has 3 aromatic rings. The lowest BCUT2D eigenvalue weighted by molar-refractivity contribution is -0.134. The van der Waals surface area contributed by atoms with Gasteiger partial charge in [-0.3, -0.25) is 14.4 Å². The lowest BCUT2D eigenvalue weighted by atomic mass is 10.0. The number of hydrogen-bond acceptors (Lipinski definition) is 8. The summed E-state index contributed by atoms with van der Waals surface area (Å²) in [6, 6.07) is 15.8. The average Bonchev–Trinajstić information content (AvgIpc) is 3.49. The molecule has 4 rings (SSSR count). The van der Waals surface area contributed by atoms with Gasteiger partial charge in [-0.15, -0.1) is 11.3 Å². The van der Waals surface area contributed by atoms with Crippen molar-refractivity contribution in [2.75, 3.05) is 38.6 Å². The summed E-state index contributed by atoms with van der Waals surface area (Å²) in [6.45, 7) is 5.42. The number of fused-ring (bicyclic) bond motifs is 1. The zero-order valence-electron chi connectivity index (χ0n) is 23.2. The van der Waals surface area contributed by atoms with E-state index in [1.807, 2.05) is 45.2 Å². The van der Waals surface area contributed by atoms with Gasteiger partial charge in [0.15, 0.2) is 0 Å². The molecule has 0 spiro atoms. The Bertz CT molecular complexity index is 1380. The maximum Gasteiger partial charge on any atom is 0.271 e. The summed E-state index contributed by atoms with van der Waals surface area (Å²) in [5, 5.41) is 11.6. The minimum absolute atomic E-state index is 0.0232. The van der Waals surface area contributed by atoms with E-state index in [0.717, 1.165) is 22.6 Å². The van der Waals surface area contributed by atoms with Gasteiger partial charge in [0.1, 0.15) is 21.8 Å². The van der Waals surface area contributed by atoms with Gasteiger partial charge in [-0.1, -0.05) is 25.1 Å². The van der Waals surface area contributed by atoms with E-state index in [9.17, 15) is 18.3 Å². The third kappa shape index (κ3) is 7.34. The summed E-state index contributed by atoms with van der Waals surface area (Å²) in [7, 11) is -0.0821. The summed E-state index contributed by atoms with van der Waals surface area (Å²) in [6.07, 6.45) is -0.245. The Morgan fingerprint density at radius 2 is 1.98 bits per heavy atom. The number of ether oxygens (including phenoxy) is 2. The van der Waals surface area contributed by atoms with Gasteiger partial charge in [0.2, 0.25) is 5.91 Å². The van der Waals surface area contributed by atoms with Crippen molar-refractivity contribution < 1.29 is 27.8 Å². The van der Waals surface area contributed by atoms with Crippen LogP contribution >= 0.6 is 11.3 Å². The molecule has 1 aromatic heterocycles. The van der Waals surface area contributed by atoms with Gasteiger partial charge < -0.3 is 19.5 Å². The van der Waals surface area contributed by atoms with Gasteiger partial charge in [-0.25, -0.2) is 8.42 Å². The Labute approximate surface area is 240 Å². The molecule has 0 fully saturated rings. The highest BCUT2D eigenvalue weighted by atomic mass is 32.2. The molecule has 216 valence electrons. The number of hydrogen-bond donors (Lipinski definition) is 2. The van der Waals surface area contributed by atoms with E-state index in [2.05, 4.69) is 9.62 Å². The molecule has 11 heteroatoms. The van der Waals surface area contributed by atoms with Crippen molar-refractivity contribution in [1.82, 2.24) is 9.80 Å². The van der Waals surface area contributed by atoms with Crippen molar-refractivity contribution in [2.24, 2.45) is 5.92 Å². The number of aliphatic hydroxyl groups excluding tert-OH is 1. The number of nitrogens with one attached hydrogen (secondary N) is 1. The predicted octanol–water partition coefficient (Wildman–Crippen LogP) is 3.84. The first-order chi connectivity index (χ1) is 19.1. The van der Waals surface area contributed by atoms with Gasteiger partial charge in [0.25, 0.3) is 10.0 Å². The second kappa shape index (κ2) is 13.0. The van der Waals surface area contributed by atoms with E-state index in [1.54, 1.807) is 47.7 Å². The fourth-order valence-electron chi connectivity index (χ4n) is 4.75. The van der Waals surface area contributed by atoms with Gasteiger partial charge >= 0.3 is 0 Å². The minimum atomic E-state index is -3.75. The zero-order chi connectivity index (χ0) is 28.9. The Morgan fingerprint density at radius 1 is 1.23 bits per heavy atom. The molecule has 1 aliphatic heterocycles. The van der Waals surface area contributed by atoms with Crippen molar-refractivity contribution in [1.29, 1.82) is 0 Å². The highest BCUT2D eigenvalue weighted by Crippen LogP contribution is 2.30. The van der Waals surface area contributed by atoms with Gasteiger partial charge in [0.05, 0.1) is 26.2 Å². The molecule has 3 atom stereocenters. The maximum absolute atomic E-state index is 13.4. The fourth-order valence-corrected chi connectivity index (χ4v) is 6.79. The molecule has 1 amide bonds. The summed E-state index contributed by atoms with van der Waals surface area (Å²) < 4.78 is 40.3. The van der Waals surface area contributed by atoms with Crippen molar-refractivity contribution in [3.63, 3.8) is 0 Å². The number of nitrogens with zero attached hydrogens (tertiary/aromatic N) is 2. The molecule has 0 saturated heterocycles. The Morgan fingerprint density at radius 3 is 2.62 bits per heavy atom. The highest BCUT2D eigenvalue weighted by molar-refractivity contribution is 7.94. The Balaban J connectivity index is 1.60. The first kappa shape index (κ1) is 29.9. The van der Waals surface area contributed by atoms with Crippen LogP contribution in [-0.2, 0) is 27.8 Å². The number of benzene rings is 2. The van der Waals surface area contributed by atoms with Crippen LogP contribution in [0, 0.1) is 5.92 Å². The van der Waals surface area contributed by atoms with Gasteiger partial charge in [-0.05, 0) is 61.3 Å². The number of rotatable bonds is 10. The third-order valence-corrected chi connectivity index (χ3v) is 9.81. The van der Waals surface area contributed by atoms with Crippen LogP contribution in [0.4, 0.5) is 5.69 Å². The average molecular weight is 588 g/mol. The molecular formula is C29H37N3O6S2. The SMILES string of the molecule is COc1ccc(CN(C)C[C@H]2Oc3ccc(NS(=O)(=O)c4cccs4)cc3CC(=O)N([C@@H](C)CO)C[C@H]2C)cc1. The first-order valence-electron chi connectivity index (χ1n) is 13.2. The number of anilines is 1. The molecule has 1 aliphatic rings. The van der Waals surface area contributed by atoms with Crippen molar-refractivity contribution in [3.05, 3.63) is 71.1 Å². The molecule has 2 N–H and O–H groups in total. The summed E-state index contributed by atoms with van der Waals surface area (Å²) in [5.74, 6) is 1.15. The summed E-state index contributed by atoms with van der Waals surface area (Å²) >= 11 is 1.13. The third-order valence-electron chi connectivity index (χ3n) is 7.03. The van der Waals surface area contributed by atoms with Crippen LogP contribution in [-0.4, -0.2) is 75.2 Å². The van der Waals surface area contributed by atoms with Crippen LogP contribution in [0.2, 0.25) is 0 Å². The molecule has 0 radical (unpaired) electrons. The number of amides is 1. The van der Waals surface area contributed by atoms with E-state index < -0.39 is 10.0 Å². The predicted molar refractivity (Wildman–Crippen MR) is 156 cm³/mol. The number of carbonyl (C=O) groups excluding carboxylic acids is 1. The molecular weight excluding hydrogens is 550 g/mol. The molecule has 9 nitrogen and oxygen atoms in total. The van der Waals surface area contributed by atoms with Crippen LogP contribution < -0.4 is 14.2 Å². The van der Waals surface area contributed by atoms with E-state index in [1.165, 1.54) is 0 Å². The number of sulfonamides is 1. The van der Waals surface area contributed by atoms with Crippen LogP contribution in [0.25, 0.3) is 0 Å². The standard InChI is InChI=1S/C29H37N3O6S2/c1-20-16-32(21(2)19-33)28(34)15-23-14-24(30-40(35,36)29-6-5-13-39-29)9-12-26(23)38-27(20)18-31(3)17-22-7-10-25(37-4)11-8-22/h5-14,20-21,27,30,33H,15-19H2,1-4H3/t20-,21+,27-/m1/s1. The van der Waals surface area contributed by atoms with Gasteiger partial charge in [0, 0.05) is 36.8 Å². The maximum atomic E-state index is 13.4. The summed E-state index contributed by atoms with van der Waals surface area (Å²) in [5.41, 5.74) is 2.07. The van der Waals surface area contributed by atoms with E-state index in [0.29, 0.717) is 36.6 Å². The molecule has 0 saturated carbocycles. The molecule has 0 bridgehead atoms. The fraction of sp³-hybridized carbons (Fsp3) is 0.414. The molecule has 2 heterocycles. The monoisotopic (exact) mass is 587 g/mol. The van der Waals surface area contributed by atoms with Crippen LogP contribution in [0.1, 0.15) is 25.0 Å². The number of likely N-dealkylation sites (N-methyl/N-ethyl adjacent to an activating group) is 1. The van der Waals surface area contributed by atoms with E-state index in [-0.39, 0.29) is 41.2 Å². The molecule has 40 heavy (non-hydrogen) atoms. The van der Waals surface area contributed by atoms with Crippen LogP contribution in [0.5, 0.6) is 11.5 Å². The molecule has 2 aromatic carbocycles. The first-order valence-corrected chi connectivity index (χ1v) is 15.5.